The Bertz CT molecular complexity index is 708. The average Bonchev–Trinajstić information content (AvgIpc) is 2.93. The van der Waals surface area contributed by atoms with E-state index in [1.54, 1.807) is 17.0 Å². The summed E-state index contributed by atoms with van der Waals surface area (Å²) in [5, 5.41) is 3.85. The number of rotatable bonds is 6. The highest BCUT2D eigenvalue weighted by Gasteiger charge is 2.33. The maximum Gasteiger partial charge on any atom is 0.276 e. The number of likely N-dealkylation sites (tertiary alicyclic amines) is 1. The number of carbonyl (C=O) groups is 1. The molecule has 0 atom stereocenters. The van der Waals surface area contributed by atoms with Gasteiger partial charge in [-0.2, -0.15) is 0 Å². The molecular formula is C18H21FN2O3. The first-order valence-electron chi connectivity index (χ1n) is 8.12. The quantitative estimate of drug-likeness (QED) is 0.816. The smallest absolute Gasteiger partial charge is 0.276 e. The van der Waals surface area contributed by atoms with Crippen LogP contribution in [0.4, 0.5) is 4.39 Å². The zero-order chi connectivity index (χ0) is 17.1. The molecule has 5 nitrogen and oxygen atoms in total. The van der Waals surface area contributed by atoms with Crippen LogP contribution in [0, 0.1) is 11.7 Å². The van der Waals surface area contributed by atoms with Gasteiger partial charge in [-0.25, -0.2) is 4.39 Å². The fourth-order valence-electron chi connectivity index (χ4n) is 2.62. The molecule has 1 aromatic carbocycles. The highest BCUT2D eigenvalue weighted by Crippen LogP contribution is 2.18. The zero-order valence-corrected chi connectivity index (χ0v) is 13.9. The lowest BCUT2D eigenvalue weighted by Crippen LogP contribution is -2.54. The van der Waals surface area contributed by atoms with Gasteiger partial charge in [0.15, 0.2) is 5.69 Å². The van der Waals surface area contributed by atoms with Gasteiger partial charge in [0.25, 0.3) is 5.91 Å². The molecule has 24 heavy (non-hydrogen) atoms. The van der Waals surface area contributed by atoms with Gasteiger partial charge >= 0.3 is 0 Å². The van der Waals surface area contributed by atoms with Gasteiger partial charge in [0.1, 0.15) is 11.6 Å². The summed E-state index contributed by atoms with van der Waals surface area (Å²) in [4.78, 5) is 14.0. The second kappa shape index (κ2) is 7.13. The molecule has 1 saturated heterocycles. The van der Waals surface area contributed by atoms with Crippen LogP contribution in [-0.2, 0) is 17.8 Å². The Hall–Kier alpha value is -2.21. The molecule has 0 unspecified atom stereocenters. The highest BCUT2D eigenvalue weighted by atomic mass is 19.1. The van der Waals surface area contributed by atoms with E-state index < -0.39 is 0 Å². The van der Waals surface area contributed by atoms with Gasteiger partial charge in [-0.3, -0.25) is 4.79 Å². The Morgan fingerprint density at radius 3 is 2.92 bits per heavy atom. The van der Waals surface area contributed by atoms with Crippen LogP contribution in [0.25, 0.3) is 0 Å². The summed E-state index contributed by atoms with van der Waals surface area (Å²) in [6.07, 6.45) is 0.735. The summed E-state index contributed by atoms with van der Waals surface area (Å²) in [7, 11) is 0. The van der Waals surface area contributed by atoms with Gasteiger partial charge in [-0.15, -0.1) is 0 Å². The average molecular weight is 332 g/mol. The summed E-state index contributed by atoms with van der Waals surface area (Å²) >= 11 is 0. The van der Waals surface area contributed by atoms with Crippen molar-refractivity contribution in [1.82, 2.24) is 10.1 Å². The molecular weight excluding hydrogens is 311 g/mol. The second-order valence-corrected chi connectivity index (χ2v) is 6.55. The minimum atomic E-state index is -0.273. The van der Waals surface area contributed by atoms with Crippen LogP contribution in [0.1, 0.15) is 35.7 Å². The lowest BCUT2D eigenvalue weighted by molar-refractivity contribution is -0.0506. The van der Waals surface area contributed by atoms with Gasteiger partial charge in [-0.1, -0.05) is 31.1 Å². The Kier molecular flexibility index (Phi) is 4.94. The summed E-state index contributed by atoms with van der Waals surface area (Å²) in [5.74, 6) is 0.766. The summed E-state index contributed by atoms with van der Waals surface area (Å²) in [6, 6.07) is 8.04. The van der Waals surface area contributed by atoms with Crippen molar-refractivity contribution in [1.29, 1.82) is 0 Å². The highest BCUT2D eigenvalue weighted by molar-refractivity contribution is 5.92. The minimum Gasteiger partial charge on any atom is -0.370 e. The third-order valence-electron chi connectivity index (χ3n) is 3.90. The van der Waals surface area contributed by atoms with Crippen molar-refractivity contribution in [2.75, 3.05) is 13.1 Å². The lowest BCUT2D eigenvalue weighted by atomic mass is 10.1. The molecule has 2 aromatic rings. The number of amides is 1. The van der Waals surface area contributed by atoms with E-state index in [1.165, 1.54) is 12.1 Å². The first kappa shape index (κ1) is 16.6. The predicted octanol–water partition coefficient (Wildman–Crippen LogP) is 3.05. The van der Waals surface area contributed by atoms with Crippen LogP contribution >= 0.6 is 0 Å². The van der Waals surface area contributed by atoms with Crippen molar-refractivity contribution < 1.29 is 18.4 Å². The van der Waals surface area contributed by atoms with Crippen molar-refractivity contribution in [3.8, 4) is 0 Å². The van der Waals surface area contributed by atoms with E-state index in [0.29, 0.717) is 31.3 Å². The second-order valence-electron chi connectivity index (χ2n) is 6.55. The normalized spacial score (nSPS) is 14.9. The number of benzene rings is 1. The molecule has 1 aliphatic rings. The topological polar surface area (TPSA) is 55.6 Å². The third kappa shape index (κ3) is 4.00. The van der Waals surface area contributed by atoms with Crippen LogP contribution in [0.2, 0.25) is 0 Å². The van der Waals surface area contributed by atoms with Crippen LogP contribution in [0.5, 0.6) is 0 Å². The maximum absolute atomic E-state index is 13.1. The van der Waals surface area contributed by atoms with Crippen molar-refractivity contribution in [2.24, 2.45) is 5.92 Å². The van der Waals surface area contributed by atoms with E-state index in [4.69, 9.17) is 9.26 Å². The molecule has 1 fully saturated rings. The monoisotopic (exact) mass is 332 g/mol. The van der Waals surface area contributed by atoms with Crippen LogP contribution in [0.15, 0.2) is 34.9 Å². The third-order valence-corrected chi connectivity index (χ3v) is 3.90. The number of carbonyl (C=O) groups excluding carboxylic acids is 1. The predicted molar refractivity (Wildman–Crippen MR) is 85.9 cm³/mol. The molecule has 1 amide bonds. The largest absolute Gasteiger partial charge is 0.370 e. The first-order valence-corrected chi connectivity index (χ1v) is 8.12. The van der Waals surface area contributed by atoms with Crippen LogP contribution < -0.4 is 0 Å². The van der Waals surface area contributed by atoms with E-state index in [2.05, 4.69) is 19.0 Å². The Balaban J connectivity index is 1.45. The summed E-state index contributed by atoms with van der Waals surface area (Å²) < 4.78 is 24.0. The fourth-order valence-corrected chi connectivity index (χ4v) is 2.62. The fraction of sp³-hybridized carbons (Fsp3) is 0.444. The summed E-state index contributed by atoms with van der Waals surface area (Å²) in [5.41, 5.74) is 1.13. The molecule has 0 saturated carbocycles. The van der Waals surface area contributed by atoms with Crippen molar-refractivity contribution >= 4 is 5.91 Å². The van der Waals surface area contributed by atoms with E-state index in [9.17, 15) is 9.18 Å². The van der Waals surface area contributed by atoms with E-state index in [-0.39, 0.29) is 17.8 Å². The number of ether oxygens (including phenoxy) is 1. The molecule has 3 rings (SSSR count). The molecule has 0 bridgehead atoms. The molecule has 0 N–H and O–H groups in total. The van der Waals surface area contributed by atoms with E-state index in [0.717, 1.165) is 17.7 Å². The van der Waals surface area contributed by atoms with E-state index >= 15 is 0 Å². The van der Waals surface area contributed by atoms with Crippen molar-refractivity contribution in [2.45, 2.75) is 33.0 Å². The number of halogens is 1. The zero-order valence-electron chi connectivity index (χ0n) is 13.9. The van der Waals surface area contributed by atoms with Gasteiger partial charge in [0.2, 0.25) is 0 Å². The molecule has 0 radical (unpaired) electrons. The van der Waals surface area contributed by atoms with Gasteiger partial charge in [0.05, 0.1) is 12.7 Å². The van der Waals surface area contributed by atoms with Crippen LogP contribution in [0.3, 0.4) is 0 Å². The van der Waals surface area contributed by atoms with Gasteiger partial charge in [0, 0.05) is 25.6 Å². The summed E-state index contributed by atoms with van der Waals surface area (Å²) in [6.45, 7) is 5.54. The number of nitrogens with zero attached hydrogens (tertiary/aromatic N) is 2. The van der Waals surface area contributed by atoms with Crippen LogP contribution in [-0.4, -0.2) is 35.2 Å². The SMILES string of the molecule is CC(C)Cc1cc(C(=O)N2CC(OCc3cccc(F)c3)C2)no1. The van der Waals surface area contributed by atoms with Crippen molar-refractivity contribution in [3.63, 3.8) is 0 Å². The number of aromatic nitrogens is 1. The maximum atomic E-state index is 13.1. The number of hydrogen-bond donors (Lipinski definition) is 0. The van der Waals surface area contributed by atoms with Gasteiger partial charge < -0.3 is 14.2 Å². The molecule has 1 aromatic heterocycles. The number of hydrogen-bond acceptors (Lipinski definition) is 4. The Morgan fingerprint density at radius 2 is 2.21 bits per heavy atom. The standard InChI is InChI=1S/C18H21FN2O3/c1-12(2)6-15-8-17(20-24-15)18(22)21-9-16(10-21)23-11-13-4-3-5-14(19)7-13/h3-5,7-8,12,16H,6,9-11H2,1-2H3. The molecule has 0 aliphatic carbocycles. The molecule has 1 aliphatic heterocycles. The van der Waals surface area contributed by atoms with Gasteiger partial charge in [-0.05, 0) is 23.6 Å². The molecule has 2 heterocycles. The Labute approximate surface area is 140 Å². The minimum absolute atomic E-state index is 0.0285. The molecule has 0 spiro atoms. The lowest BCUT2D eigenvalue weighted by Gasteiger charge is -2.38. The van der Waals surface area contributed by atoms with Crippen molar-refractivity contribution in [3.05, 3.63) is 53.2 Å². The Morgan fingerprint density at radius 1 is 1.42 bits per heavy atom. The molecule has 6 heteroatoms. The first-order chi connectivity index (χ1) is 11.5. The molecule has 128 valence electrons. The van der Waals surface area contributed by atoms with E-state index in [1.807, 2.05) is 6.07 Å².